The Kier molecular flexibility index (Phi) is 5.99. The SMILES string of the molecule is COc1nc(C)c(CC(=O)N2C[C@@H](c3cccc(F)c3)[C@@]3(CCCC(=O)N3)C2)c(OC)n1. The van der Waals surface area contributed by atoms with Crippen molar-refractivity contribution >= 4 is 11.8 Å². The highest BCUT2D eigenvalue weighted by molar-refractivity contribution is 5.82. The third-order valence-corrected chi connectivity index (χ3v) is 6.42. The Balaban J connectivity index is 1.62. The van der Waals surface area contributed by atoms with E-state index in [0.717, 1.165) is 18.4 Å². The zero-order valence-corrected chi connectivity index (χ0v) is 18.5. The number of hydrogen-bond acceptors (Lipinski definition) is 6. The molecule has 9 heteroatoms. The highest BCUT2D eigenvalue weighted by Gasteiger charge is 2.50. The fraction of sp³-hybridized carbons (Fsp3) is 0.478. The minimum Gasteiger partial charge on any atom is -0.481 e. The van der Waals surface area contributed by atoms with E-state index in [1.54, 1.807) is 17.9 Å². The summed E-state index contributed by atoms with van der Waals surface area (Å²) in [5.41, 5.74) is 1.37. The number of benzene rings is 1. The highest BCUT2D eigenvalue weighted by atomic mass is 19.1. The number of aromatic nitrogens is 2. The molecule has 0 bridgehead atoms. The molecule has 8 nitrogen and oxygen atoms in total. The first-order valence-electron chi connectivity index (χ1n) is 10.6. The van der Waals surface area contributed by atoms with Crippen LogP contribution in [-0.2, 0) is 16.0 Å². The third kappa shape index (κ3) is 4.11. The molecule has 2 saturated heterocycles. The van der Waals surface area contributed by atoms with E-state index in [2.05, 4.69) is 15.3 Å². The summed E-state index contributed by atoms with van der Waals surface area (Å²) in [4.78, 5) is 35.8. The quantitative estimate of drug-likeness (QED) is 0.763. The van der Waals surface area contributed by atoms with Gasteiger partial charge in [0.1, 0.15) is 5.82 Å². The van der Waals surface area contributed by atoms with Crippen molar-refractivity contribution in [2.24, 2.45) is 0 Å². The number of aryl methyl sites for hydroxylation is 1. The van der Waals surface area contributed by atoms with Gasteiger partial charge in [0.05, 0.1) is 31.9 Å². The molecule has 2 atom stereocenters. The van der Waals surface area contributed by atoms with Gasteiger partial charge in [0.2, 0.25) is 17.7 Å². The van der Waals surface area contributed by atoms with Crippen molar-refractivity contribution in [1.29, 1.82) is 0 Å². The molecule has 1 aromatic heterocycles. The molecule has 3 heterocycles. The van der Waals surface area contributed by atoms with E-state index in [-0.39, 0.29) is 36.0 Å². The first kappa shape index (κ1) is 22.0. The second-order valence-electron chi connectivity index (χ2n) is 8.40. The number of hydrogen-bond donors (Lipinski definition) is 1. The maximum Gasteiger partial charge on any atom is 0.319 e. The Morgan fingerprint density at radius 3 is 2.81 bits per heavy atom. The number of carbonyl (C=O) groups excluding carboxylic acids is 2. The lowest BCUT2D eigenvalue weighted by Gasteiger charge is -2.39. The first-order chi connectivity index (χ1) is 15.3. The second kappa shape index (κ2) is 8.72. The van der Waals surface area contributed by atoms with E-state index in [1.165, 1.54) is 26.4 Å². The Morgan fingerprint density at radius 1 is 1.31 bits per heavy atom. The van der Waals surface area contributed by atoms with Crippen molar-refractivity contribution < 1.29 is 23.5 Å². The average Bonchev–Trinajstić information content (AvgIpc) is 3.13. The van der Waals surface area contributed by atoms with Crippen LogP contribution in [0.1, 0.15) is 42.0 Å². The number of piperidine rings is 1. The summed E-state index contributed by atoms with van der Waals surface area (Å²) >= 11 is 0. The molecular formula is C23H27FN4O4. The van der Waals surface area contributed by atoms with Crippen molar-refractivity contribution in [1.82, 2.24) is 20.2 Å². The maximum atomic E-state index is 14.0. The predicted octanol–water partition coefficient (Wildman–Crippen LogP) is 2.15. The van der Waals surface area contributed by atoms with Crippen LogP contribution >= 0.6 is 0 Å². The Bertz CT molecular complexity index is 1050. The zero-order chi connectivity index (χ0) is 22.9. The van der Waals surface area contributed by atoms with Gasteiger partial charge in [-0.15, -0.1) is 0 Å². The van der Waals surface area contributed by atoms with Gasteiger partial charge < -0.3 is 19.7 Å². The summed E-state index contributed by atoms with van der Waals surface area (Å²) in [6.07, 6.45) is 1.99. The molecule has 32 heavy (non-hydrogen) atoms. The van der Waals surface area contributed by atoms with E-state index < -0.39 is 5.54 Å². The van der Waals surface area contributed by atoms with E-state index in [9.17, 15) is 14.0 Å². The minimum atomic E-state index is -0.603. The number of ether oxygens (including phenoxy) is 2. The van der Waals surface area contributed by atoms with Crippen molar-refractivity contribution in [3.63, 3.8) is 0 Å². The number of rotatable bonds is 5. The van der Waals surface area contributed by atoms with Gasteiger partial charge in [-0.3, -0.25) is 9.59 Å². The minimum absolute atomic E-state index is 0.0342. The van der Waals surface area contributed by atoms with Gasteiger partial charge in [-0.2, -0.15) is 4.98 Å². The standard InChI is InChI=1S/C23H27FN4O4/c1-14-17(21(31-2)26-22(25-14)32-3)11-20(30)28-12-18(15-6-4-7-16(24)10-15)23(13-28)9-5-8-19(29)27-23/h4,6-7,10,18H,5,8-9,11-13H2,1-3H3,(H,27,29)/t18-,23+/m0/s1. The van der Waals surface area contributed by atoms with Gasteiger partial charge in [-0.05, 0) is 37.5 Å². The van der Waals surface area contributed by atoms with Gasteiger partial charge in [0.25, 0.3) is 0 Å². The van der Waals surface area contributed by atoms with Crippen LogP contribution in [0.3, 0.4) is 0 Å². The van der Waals surface area contributed by atoms with E-state index in [1.807, 2.05) is 6.07 Å². The zero-order valence-electron chi connectivity index (χ0n) is 18.5. The van der Waals surface area contributed by atoms with Crippen LogP contribution in [-0.4, -0.2) is 59.5 Å². The topological polar surface area (TPSA) is 93.7 Å². The molecule has 1 aromatic carbocycles. The molecule has 1 N–H and O–H groups in total. The number of halogens is 1. The monoisotopic (exact) mass is 442 g/mol. The summed E-state index contributed by atoms with van der Waals surface area (Å²) in [5.74, 6) is -0.391. The number of methoxy groups -OCH3 is 2. The molecule has 2 aliphatic rings. The summed E-state index contributed by atoms with van der Waals surface area (Å²) < 4.78 is 24.4. The normalized spacial score (nSPS) is 22.7. The van der Waals surface area contributed by atoms with Crippen molar-refractivity contribution in [3.05, 3.63) is 46.9 Å². The third-order valence-electron chi connectivity index (χ3n) is 6.42. The number of nitrogens with zero attached hydrogens (tertiary/aromatic N) is 3. The molecule has 2 fully saturated rings. The summed E-state index contributed by atoms with van der Waals surface area (Å²) in [7, 11) is 2.95. The summed E-state index contributed by atoms with van der Waals surface area (Å²) in [6.45, 7) is 2.54. The Morgan fingerprint density at radius 2 is 2.12 bits per heavy atom. The lowest BCUT2D eigenvalue weighted by Crippen LogP contribution is -2.56. The molecule has 1 spiro atoms. The number of nitrogens with one attached hydrogen (secondary N) is 1. The van der Waals surface area contributed by atoms with Crippen LogP contribution in [0.2, 0.25) is 0 Å². The molecule has 0 unspecified atom stereocenters. The van der Waals surface area contributed by atoms with Gasteiger partial charge in [0.15, 0.2) is 0 Å². The Labute approximate surface area is 186 Å². The molecule has 2 aromatic rings. The van der Waals surface area contributed by atoms with Gasteiger partial charge in [-0.25, -0.2) is 9.37 Å². The largest absolute Gasteiger partial charge is 0.481 e. The molecular weight excluding hydrogens is 415 g/mol. The molecule has 0 radical (unpaired) electrons. The molecule has 0 saturated carbocycles. The average molecular weight is 442 g/mol. The van der Waals surface area contributed by atoms with Crippen LogP contribution in [0.25, 0.3) is 0 Å². The van der Waals surface area contributed by atoms with E-state index in [4.69, 9.17) is 9.47 Å². The van der Waals surface area contributed by atoms with Crippen molar-refractivity contribution in [2.45, 2.75) is 44.1 Å². The fourth-order valence-corrected chi connectivity index (χ4v) is 4.87. The lowest BCUT2D eigenvalue weighted by atomic mass is 9.76. The summed E-state index contributed by atoms with van der Waals surface area (Å²) in [5, 5.41) is 3.14. The molecule has 2 aliphatic heterocycles. The van der Waals surface area contributed by atoms with E-state index >= 15 is 0 Å². The first-order valence-corrected chi connectivity index (χ1v) is 10.6. The van der Waals surface area contributed by atoms with Crippen LogP contribution < -0.4 is 14.8 Å². The van der Waals surface area contributed by atoms with E-state index in [0.29, 0.717) is 36.6 Å². The second-order valence-corrected chi connectivity index (χ2v) is 8.40. The number of likely N-dealkylation sites (tertiary alicyclic amines) is 1. The fourth-order valence-electron chi connectivity index (χ4n) is 4.87. The highest BCUT2D eigenvalue weighted by Crippen LogP contribution is 2.41. The number of amides is 2. The van der Waals surface area contributed by atoms with Crippen molar-refractivity contribution in [2.75, 3.05) is 27.3 Å². The summed E-state index contributed by atoms with van der Waals surface area (Å²) in [6, 6.07) is 6.58. The van der Waals surface area contributed by atoms with Gasteiger partial charge >= 0.3 is 6.01 Å². The Hall–Kier alpha value is -3.23. The van der Waals surface area contributed by atoms with Gasteiger partial charge in [0, 0.05) is 31.0 Å². The van der Waals surface area contributed by atoms with Crippen molar-refractivity contribution in [3.8, 4) is 11.9 Å². The van der Waals surface area contributed by atoms with Crippen LogP contribution in [0.5, 0.6) is 11.9 Å². The molecule has 170 valence electrons. The predicted molar refractivity (Wildman–Crippen MR) is 114 cm³/mol. The molecule has 4 rings (SSSR count). The van der Waals surface area contributed by atoms with Crippen LogP contribution in [0.4, 0.5) is 4.39 Å². The van der Waals surface area contributed by atoms with Crippen LogP contribution in [0, 0.1) is 12.7 Å². The lowest BCUT2D eigenvalue weighted by molar-refractivity contribution is -0.131. The number of carbonyl (C=O) groups is 2. The smallest absolute Gasteiger partial charge is 0.319 e. The maximum absolute atomic E-state index is 14.0. The molecule has 0 aliphatic carbocycles. The van der Waals surface area contributed by atoms with Gasteiger partial charge in [-0.1, -0.05) is 12.1 Å². The molecule has 2 amide bonds. The van der Waals surface area contributed by atoms with Crippen LogP contribution in [0.15, 0.2) is 24.3 Å².